The van der Waals surface area contributed by atoms with Gasteiger partial charge in [0.1, 0.15) is 0 Å². The molecule has 1 aliphatic rings. The number of thiocarbonyl (C=S) groups is 2. The van der Waals surface area contributed by atoms with E-state index in [0.717, 1.165) is 0 Å². The smallest absolute Gasteiger partial charge is 0.284 e. The summed E-state index contributed by atoms with van der Waals surface area (Å²) < 4.78 is 0. The van der Waals surface area contributed by atoms with Gasteiger partial charge in [0.05, 0.1) is 0 Å². The summed E-state index contributed by atoms with van der Waals surface area (Å²) in [5.74, 6) is 0. The molecule has 1 amide bonds. The third-order valence-electron chi connectivity index (χ3n) is 1.85. The summed E-state index contributed by atoms with van der Waals surface area (Å²) in [6, 6.07) is 0. The van der Waals surface area contributed by atoms with Crippen LogP contribution in [-0.2, 0) is 0 Å². The highest BCUT2D eigenvalue weighted by Crippen LogP contribution is 2.13. The van der Waals surface area contributed by atoms with E-state index in [2.05, 4.69) is 12.6 Å². The zero-order valence-electron chi connectivity index (χ0n) is 7.93. The van der Waals surface area contributed by atoms with Crippen LogP contribution >= 0.6 is 37.1 Å². The van der Waals surface area contributed by atoms with Gasteiger partial charge >= 0.3 is 0 Å². The lowest BCUT2D eigenvalue weighted by Crippen LogP contribution is -2.42. The molecule has 7 heteroatoms. The van der Waals surface area contributed by atoms with Crippen LogP contribution in [-0.4, -0.2) is 57.3 Å². The van der Waals surface area contributed by atoms with Crippen molar-refractivity contribution in [1.29, 1.82) is 0 Å². The molecule has 0 bridgehead atoms. The molecule has 1 aliphatic heterocycles. The third-order valence-corrected chi connectivity index (χ3v) is 3.12. The van der Waals surface area contributed by atoms with E-state index in [0.29, 0.717) is 23.3 Å². The van der Waals surface area contributed by atoms with Crippen LogP contribution in [0.2, 0.25) is 0 Å². The number of carbonyl (C=O) groups excluding carboxylic acids is 1. The van der Waals surface area contributed by atoms with Crippen molar-refractivity contribution in [3.63, 3.8) is 0 Å². The van der Waals surface area contributed by atoms with E-state index >= 15 is 0 Å². The van der Waals surface area contributed by atoms with E-state index in [1.54, 1.807) is 9.80 Å². The van der Waals surface area contributed by atoms with Crippen molar-refractivity contribution in [3.8, 4) is 0 Å². The highest BCUT2D eigenvalue weighted by molar-refractivity contribution is 7.96. The fraction of sp³-hybridized carbons (Fsp3) is 0.571. The SMILES string of the molecule is CN(C)C(=S)N1CCN(C(=O)S)C1=S. The maximum Gasteiger partial charge on any atom is 0.284 e. The maximum absolute atomic E-state index is 11.0. The van der Waals surface area contributed by atoms with Gasteiger partial charge < -0.3 is 4.90 Å². The summed E-state index contributed by atoms with van der Waals surface area (Å²) in [4.78, 5) is 16.0. The van der Waals surface area contributed by atoms with Crippen molar-refractivity contribution < 1.29 is 4.79 Å². The second-order valence-corrected chi connectivity index (χ2v) is 4.16. The van der Waals surface area contributed by atoms with Crippen molar-refractivity contribution in [2.45, 2.75) is 0 Å². The molecule has 0 spiro atoms. The molecule has 0 radical (unpaired) electrons. The Morgan fingerprint density at radius 2 is 1.93 bits per heavy atom. The number of amides is 1. The molecular formula is C7H11N3OS3. The van der Waals surface area contributed by atoms with Gasteiger partial charge in [-0.2, -0.15) is 0 Å². The summed E-state index contributed by atoms with van der Waals surface area (Å²) >= 11 is 14.0. The Morgan fingerprint density at radius 3 is 2.29 bits per heavy atom. The first-order chi connectivity index (χ1) is 6.45. The van der Waals surface area contributed by atoms with E-state index in [4.69, 9.17) is 24.4 Å². The number of hydrogen-bond donors (Lipinski definition) is 1. The van der Waals surface area contributed by atoms with Crippen LogP contribution in [0.1, 0.15) is 0 Å². The molecule has 0 aromatic heterocycles. The predicted molar refractivity (Wildman–Crippen MR) is 66.7 cm³/mol. The van der Waals surface area contributed by atoms with Crippen LogP contribution in [0.4, 0.5) is 4.79 Å². The van der Waals surface area contributed by atoms with Gasteiger partial charge in [-0.1, -0.05) is 12.6 Å². The number of carbonyl (C=O) groups is 1. The quantitative estimate of drug-likeness (QED) is 0.506. The number of hydrogen-bond acceptors (Lipinski definition) is 3. The Hall–Kier alpha value is -0.400. The molecule has 0 aliphatic carbocycles. The number of nitrogens with zero attached hydrogens (tertiary/aromatic N) is 3. The van der Waals surface area contributed by atoms with Crippen molar-refractivity contribution >= 4 is 52.5 Å². The lowest BCUT2D eigenvalue weighted by Gasteiger charge is -2.24. The van der Waals surface area contributed by atoms with Crippen molar-refractivity contribution in [1.82, 2.24) is 14.7 Å². The molecule has 0 saturated carbocycles. The second kappa shape index (κ2) is 4.41. The Morgan fingerprint density at radius 1 is 1.43 bits per heavy atom. The average molecular weight is 249 g/mol. The van der Waals surface area contributed by atoms with E-state index in [-0.39, 0.29) is 5.24 Å². The van der Waals surface area contributed by atoms with Gasteiger partial charge in [-0.15, -0.1) is 0 Å². The molecule has 0 aromatic rings. The molecule has 0 N–H and O–H groups in total. The van der Waals surface area contributed by atoms with E-state index in [1.807, 2.05) is 14.1 Å². The fourth-order valence-electron chi connectivity index (χ4n) is 1.13. The summed E-state index contributed by atoms with van der Waals surface area (Å²) in [7, 11) is 3.69. The van der Waals surface area contributed by atoms with Crippen molar-refractivity contribution in [3.05, 3.63) is 0 Å². The molecule has 1 heterocycles. The topological polar surface area (TPSA) is 26.8 Å². The summed E-state index contributed by atoms with van der Waals surface area (Å²) in [5, 5.41) is 0.717. The van der Waals surface area contributed by atoms with Gasteiger partial charge in [-0.3, -0.25) is 14.6 Å². The first-order valence-corrected chi connectivity index (χ1v) is 5.24. The van der Waals surface area contributed by atoms with Crippen LogP contribution in [0.3, 0.4) is 0 Å². The summed E-state index contributed by atoms with van der Waals surface area (Å²) in [5.41, 5.74) is 0. The first kappa shape index (κ1) is 11.7. The average Bonchev–Trinajstić information content (AvgIpc) is 2.45. The predicted octanol–water partition coefficient (Wildman–Crippen LogP) is 0.785. The number of thiol groups is 1. The monoisotopic (exact) mass is 249 g/mol. The van der Waals surface area contributed by atoms with Crippen LogP contribution in [0, 0.1) is 0 Å². The Bertz CT molecular complexity index is 292. The van der Waals surface area contributed by atoms with Crippen LogP contribution in [0.25, 0.3) is 0 Å². The van der Waals surface area contributed by atoms with E-state index in [1.165, 1.54) is 4.90 Å². The highest BCUT2D eigenvalue weighted by Gasteiger charge is 2.30. The van der Waals surface area contributed by atoms with Crippen LogP contribution in [0.15, 0.2) is 0 Å². The fourth-order valence-corrected chi connectivity index (χ4v) is 1.98. The zero-order chi connectivity index (χ0) is 10.9. The molecule has 0 aromatic carbocycles. The van der Waals surface area contributed by atoms with Gasteiger partial charge in [0, 0.05) is 27.2 Å². The molecule has 1 saturated heterocycles. The summed E-state index contributed by atoms with van der Waals surface area (Å²) in [6.45, 7) is 1.19. The summed E-state index contributed by atoms with van der Waals surface area (Å²) in [6.07, 6.45) is 0. The Kier molecular flexibility index (Phi) is 3.68. The first-order valence-electron chi connectivity index (χ1n) is 3.98. The van der Waals surface area contributed by atoms with Crippen LogP contribution in [0.5, 0.6) is 0 Å². The zero-order valence-corrected chi connectivity index (χ0v) is 10.5. The molecule has 0 atom stereocenters. The van der Waals surface area contributed by atoms with Gasteiger partial charge in [0.15, 0.2) is 10.2 Å². The van der Waals surface area contributed by atoms with E-state index in [9.17, 15) is 4.79 Å². The van der Waals surface area contributed by atoms with E-state index < -0.39 is 0 Å². The maximum atomic E-state index is 11.0. The molecule has 78 valence electrons. The standard InChI is InChI=1S/C7H11N3OS3/c1-8(2)5(12)9-3-4-10(6(9)13)7(11)14/h3-4H2,1-2H3,(H,11,14). The molecule has 14 heavy (non-hydrogen) atoms. The lowest BCUT2D eigenvalue weighted by molar-refractivity contribution is 0.247. The molecule has 1 rings (SSSR count). The highest BCUT2D eigenvalue weighted by atomic mass is 32.1. The van der Waals surface area contributed by atoms with Crippen molar-refractivity contribution in [2.24, 2.45) is 0 Å². The molecule has 1 fully saturated rings. The Balaban J connectivity index is 2.74. The van der Waals surface area contributed by atoms with Gasteiger partial charge in [-0.05, 0) is 24.4 Å². The lowest BCUT2D eigenvalue weighted by atomic mass is 10.6. The largest absolute Gasteiger partial charge is 0.355 e. The molecule has 4 nitrogen and oxygen atoms in total. The minimum atomic E-state index is -0.334. The minimum absolute atomic E-state index is 0.334. The molecular weight excluding hydrogens is 238 g/mol. The van der Waals surface area contributed by atoms with Gasteiger partial charge in [0.25, 0.3) is 5.24 Å². The normalized spacial score (nSPS) is 16.1. The van der Waals surface area contributed by atoms with Gasteiger partial charge in [0.2, 0.25) is 0 Å². The second-order valence-electron chi connectivity index (χ2n) is 3.05. The van der Waals surface area contributed by atoms with Crippen LogP contribution < -0.4 is 0 Å². The Labute approximate surface area is 99.2 Å². The number of rotatable bonds is 0. The third kappa shape index (κ3) is 2.15. The van der Waals surface area contributed by atoms with Gasteiger partial charge in [-0.25, -0.2) is 0 Å². The minimum Gasteiger partial charge on any atom is -0.355 e. The molecule has 0 unspecified atom stereocenters. The van der Waals surface area contributed by atoms with Crippen molar-refractivity contribution in [2.75, 3.05) is 27.2 Å².